The Balaban J connectivity index is 2.89. The first-order valence-corrected chi connectivity index (χ1v) is 7.97. The Hall–Kier alpha value is -1.41. The Morgan fingerprint density at radius 2 is 2.05 bits per heavy atom. The zero-order chi connectivity index (χ0) is 15.6. The largest absolute Gasteiger partial charge is 0.486 e. The summed E-state index contributed by atoms with van der Waals surface area (Å²) in [6.07, 6.45) is 0. The van der Waals surface area contributed by atoms with Crippen LogP contribution in [0, 0.1) is 21.3 Å². The van der Waals surface area contributed by atoms with Crippen molar-refractivity contribution in [1.29, 1.82) is 0 Å². The fourth-order valence-electron chi connectivity index (χ4n) is 1.54. The number of hydrogen-bond acceptors (Lipinski definition) is 5. The molecule has 9 heteroatoms. The molecule has 0 aliphatic rings. The van der Waals surface area contributed by atoms with Gasteiger partial charge in [-0.15, -0.1) is 0 Å². The number of rotatable bonds is 6. The van der Waals surface area contributed by atoms with Gasteiger partial charge in [-0.25, -0.2) is 12.8 Å². The summed E-state index contributed by atoms with van der Waals surface area (Å²) in [7, 11) is 1.42. The lowest BCUT2D eigenvalue weighted by molar-refractivity contribution is -0.386. The van der Waals surface area contributed by atoms with Crippen molar-refractivity contribution < 1.29 is 22.5 Å². The van der Waals surface area contributed by atoms with E-state index in [0.717, 1.165) is 18.2 Å². The molecular formula is C11H13ClFNO5S. The van der Waals surface area contributed by atoms with Gasteiger partial charge in [-0.3, -0.25) is 10.1 Å². The molecule has 6 nitrogen and oxygen atoms in total. The highest BCUT2D eigenvalue weighted by atomic mass is 35.7. The lowest BCUT2D eigenvalue weighted by Gasteiger charge is -2.22. The molecule has 0 saturated heterocycles. The van der Waals surface area contributed by atoms with Crippen LogP contribution in [0.1, 0.15) is 13.8 Å². The minimum Gasteiger partial charge on any atom is -0.486 e. The normalized spacial score (nSPS) is 12.2. The van der Waals surface area contributed by atoms with Gasteiger partial charge in [0.25, 0.3) is 0 Å². The van der Waals surface area contributed by atoms with Gasteiger partial charge >= 0.3 is 5.69 Å². The Labute approximate surface area is 120 Å². The molecule has 1 rings (SSSR count). The van der Waals surface area contributed by atoms with E-state index in [0.29, 0.717) is 0 Å². The molecule has 0 aliphatic heterocycles. The molecule has 0 heterocycles. The number of hydrogen-bond donors (Lipinski definition) is 0. The smallest absolute Gasteiger partial charge is 0.311 e. The van der Waals surface area contributed by atoms with Crippen LogP contribution in [0.3, 0.4) is 0 Å². The molecule has 1 aromatic rings. The topological polar surface area (TPSA) is 86.5 Å². The number of ether oxygens (including phenoxy) is 1. The maximum Gasteiger partial charge on any atom is 0.311 e. The van der Waals surface area contributed by atoms with Crippen molar-refractivity contribution in [3.05, 3.63) is 34.1 Å². The summed E-state index contributed by atoms with van der Waals surface area (Å²) >= 11 is 0. The molecule has 0 amide bonds. The van der Waals surface area contributed by atoms with Gasteiger partial charge in [0.2, 0.25) is 9.05 Å². The summed E-state index contributed by atoms with van der Waals surface area (Å²) in [6, 6.07) is 2.80. The molecule has 20 heavy (non-hydrogen) atoms. The van der Waals surface area contributed by atoms with Crippen molar-refractivity contribution in [2.75, 3.05) is 12.4 Å². The molecule has 0 fully saturated rings. The molecule has 0 radical (unpaired) electrons. The summed E-state index contributed by atoms with van der Waals surface area (Å²) in [5.41, 5.74) is -1.27. The van der Waals surface area contributed by atoms with Gasteiger partial charge < -0.3 is 4.74 Å². The molecule has 112 valence electrons. The second-order valence-corrected chi connectivity index (χ2v) is 7.78. The molecular weight excluding hydrogens is 313 g/mol. The highest BCUT2D eigenvalue weighted by Crippen LogP contribution is 2.30. The number of nitro groups is 1. The fraction of sp³-hybridized carbons (Fsp3) is 0.455. The Bertz CT molecular complexity index is 617. The van der Waals surface area contributed by atoms with Crippen LogP contribution in [0.5, 0.6) is 5.75 Å². The van der Waals surface area contributed by atoms with Crippen LogP contribution in [0.4, 0.5) is 10.1 Å². The van der Waals surface area contributed by atoms with Gasteiger partial charge in [-0.1, -0.05) is 13.8 Å². The minimum atomic E-state index is -3.74. The molecule has 0 bridgehead atoms. The average Bonchev–Trinajstić information content (AvgIpc) is 2.22. The molecule has 1 aromatic carbocycles. The van der Waals surface area contributed by atoms with Crippen LogP contribution in [-0.2, 0) is 9.05 Å². The van der Waals surface area contributed by atoms with Gasteiger partial charge in [0.1, 0.15) is 5.82 Å². The maximum atomic E-state index is 13.1. The van der Waals surface area contributed by atoms with E-state index in [1.807, 2.05) is 0 Å². The van der Waals surface area contributed by atoms with Crippen molar-refractivity contribution >= 4 is 25.4 Å². The van der Waals surface area contributed by atoms with E-state index >= 15 is 0 Å². The number of nitrogens with zero attached hydrogens (tertiary/aromatic N) is 1. The molecule has 0 aliphatic carbocycles. The SMILES string of the molecule is CC(C)(COc1cc(F)ccc1[N+](=O)[O-])CS(=O)(=O)Cl. The molecule has 0 spiro atoms. The zero-order valence-corrected chi connectivity index (χ0v) is 12.4. The predicted molar refractivity (Wildman–Crippen MR) is 72.0 cm³/mol. The van der Waals surface area contributed by atoms with Crippen LogP contribution in [-0.4, -0.2) is 25.7 Å². The van der Waals surface area contributed by atoms with E-state index in [1.165, 1.54) is 0 Å². The molecule has 0 unspecified atom stereocenters. The highest BCUT2D eigenvalue weighted by molar-refractivity contribution is 8.13. The third-order valence-corrected chi connectivity index (χ3v) is 3.75. The Morgan fingerprint density at radius 3 is 2.55 bits per heavy atom. The second kappa shape index (κ2) is 5.92. The lowest BCUT2D eigenvalue weighted by atomic mass is 9.98. The zero-order valence-electron chi connectivity index (χ0n) is 10.8. The van der Waals surface area contributed by atoms with Gasteiger partial charge in [0, 0.05) is 28.2 Å². The first kappa shape index (κ1) is 16.6. The van der Waals surface area contributed by atoms with Gasteiger partial charge in [0.05, 0.1) is 17.3 Å². The monoisotopic (exact) mass is 325 g/mol. The van der Waals surface area contributed by atoms with Gasteiger partial charge in [0.15, 0.2) is 5.75 Å². The molecule has 0 aromatic heterocycles. The van der Waals surface area contributed by atoms with E-state index < -0.39 is 30.9 Å². The molecule has 0 N–H and O–H groups in total. The number of halogens is 2. The standard InChI is InChI=1S/C11H13ClFNO5S/c1-11(2,7-20(12,17)18)6-19-10-5-8(13)3-4-9(10)14(15)16/h3-5H,6-7H2,1-2H3. The summed E-state index contributed by atoms with van der Waals surface area (Å²) in [5.74, 6) is -1.31. The quantitative estimate of drug-likeness (QED) is 0.456. The molecule has 0 atom stereocenters. The van der Waals surface area contributed by atoms with Crippen molar-refractivity contribution in [2.45, 2.75) is 13.8 Å². The van der Waals surface area contributed by atoms with Crippen LogP contribution in [0.25, 0.3) is 0 Å². The lowest BCUT2D eigenvalue weighted by Crippen LogP contribution is -2.28. The third-order valence-electron chi connectivity index (χ3n) is 2.30. The van der Waals surface area contributed by atoms with E-state index in [1.54, 1.807) is 13.8 Å². The summed E-state index contributed by atoms with van der Waals surface area (Å²) in [5, 5.41) is 10.8. The Morgan fingerprint density at radius 1 is 1.45 bits per heavy atom. The number of nitro benzene ring substituents is 1. The van der Waals surface area contributed by atoms with Crippen LogP contribution in [0.2, 0.25) is 0 Å². The summed E-state index contributed by atoms with van der Waals surface area (Å²) < 4.78 is 40.3. The van der Waals surface area contributed by atoms with E-state index in [4.69, 9.17) is 15.4 Å². The first-order valence-electron chi connectivity index (χ1n) is 5.49. The summed E-state index contributed by atoms with van der Waals surface area (Å²) in [6.45, 7) is 2.97. The third kappa shape index (κ3) is 5.30. The molecule has 0 saturated carbocycles. The average molecular weight is 326 g/mol. The minimum absolute atomic E-state index is 0.163. The number of benzene rings is 1. The van der Waals surface area contributed by atoms with Gasteiger partial charge in [-0.05, 0) is 6.07 Å². The van der Waals surface area contributed by atoms with Crippen molar-refractivity contribution in [2.24, 2.45) is 5.41 Å². The van der Waals surface area contributed by atoms with Crippen molar-refractivity contribution in [3.63, 3.8) is 0 Å². The predicted octanol–water partition coefficient (Wildman–Crippen LogP) is 2.71. The fourth-order valence-corrected chi connectivity index (χ4v) is 3.44. The highest BCUT2D eigenvalue weighted by Gasteiger charge is 2.27. The second-order valence-electron chi connectivity index (χ2n) is 5.01. The van der Waals surface area contributed by atoms with Crippen molar-refractivity contribution in [1.82, 2.24) is 0 Å². The van der Waals surface area contributed by atoms with Crippen molar-refractivity contribution in [3.8, 4) is 5.75 Å². The van der Waals surface area contributed by atoms with Crippen LogP contribution >= 0.6 is 10.7 Å². The van der Waals surface area contributed by atoms with E-state index in [2.05, 4.69) is 0 Å². The first-order chi connectivity index (χ1) is 9.00. The van der Waals surface area contributed by atoms with E-state index in [9.17, 15) is 22.9 Å². The van der Waals surface area contributed by atoms with E-state index in [-0.39, 0.29) is 18.1 Å². The maximum absolute atomic E-state index is 13.1. The van der Waals surface area contributed by atoms with Crippen LogP contribution < -0.4 is 4.74 Å². The van der Waals surface area contributed by atoms with Crippen LogP contribution in [0.15, 0.2) is 18.2 Å². The summed E-state index contributed by atoms with van der Waals surface area (Å²) in [4.78, 5) is 10.1. The Kier molecular flexibility index (Phi) is 4.93. The van der Waals surface area contributed by atoms with Gasteiger partial charge in [-0.2, -0.15) is 0 Å².